The summed E-state index contributed by atoms with van der Waals surface area (Å²) in [5.74, 6) is -3.24. The van der Waals surface area contributed by atoms with E-state index in [-0.39, 0.29) is 32.7 Å². The number of rotatable bonds is 12. The lowest BCUT2D eigenvalue weighted by Gasteiger charge is -2.28. The van der Waals surface area contributed by atoms with Crippen molar-refractivity contribution in [1.29, 1.82) is 0 Å². The summed E-state index contributed by atoms with van der Waals surface area (Å²) in [7, 11) is 0. The van der Waals surface area contributed by atoms with Crippen LogP contribution in [0.25, 0.3) is 0 Å². The summed E-state index contributed by atoms with van der Waals surface area (Å²) < 4.78 is 20.4. The Morgan fingerprint density at radius 2 is 1.69 bits per heavy atom. The Morgan fingerprint density at radius 3 is 2.15 bits per heavy atom. The van der Waals surface area contributed by atoms with Gasteiger partial charge >= 0.3 is 17.9 Å². The Hall–Kier alpha value is -1.71. The molecule has 0 aromatic carbocycles. The Balaban J connectivity index is 5.16. The molecule has 0 amide bonds. The van der Waals surface area contributed by atoms with E-state index in [2.05, 4.69) is 0 Å². The first-order valence-corrected chi connectivity index (χ1v) is 8.61. The van der Waals surface area contributed by atoms with Crippen LogP contribution in [0.3, 0.4) is 0 Å². The van der Waals surface area contributed by atoms with Crippen LogP contribution in [0.4, 0.5) is 0 Å². The van der Waals surface area contributed by atoms with Crippen molar-refractivity contribution in [2.24, 2.45) is 5.73 Å². The second kappa shape index (κ2) is 11.1. The molecule has 2 atom stereocenters. The lowest BCUT2D eigenvalue weighted by molar-refractivity contribution is -0.191. The highest BCUT2D eigenvalue weighted by molar-refractivity contribution is 6.02. The molecule has 0 saturated heterocycles. The predicted molar refractivity (Wildman–Crippen MR) is 92.5 cm³/mol. The molecule has 0 aromatic heterocycles. The van der Waals surface area contributed by atoms with Gasteiger partial charge in [0.15, 0.2) is 0 Å². The predicted octanol–water partition coefficient (Wildman–Crippen LogP) is 0.875. The number of esters is 2. The fourth-order valence-corrected chi connectivity index (χ4v) is 2.01. The molecule has 9 nitrogen and oxygen atoms in total. The van der Waals surface area contributed by atoms with Crippen LogP contribution in [0, 0.1) is 0 Å². The van der Waals surface area contributed by atoms with Gasteiger partial charge in [-0.3, -0.25) is 4.79 Å². The minimum atomic E-state index is -2.26. The molecule has 0 radical (unpaired) electrons. The summed E-state index contributed by atoms with van der Waals surface area (Å²) in [6.45, 7) is 8.79. The van der Waals surface area contributed by atoms with E-state index < -0.39 is 35.2 Å². The Kier molecular flexibility index (Phi) is 10.4. The normalized spacial score (nSPS) is 15.0. The van der Waals surface area contributed by atoms with E-state index in [1.807, 2.05) is 0 Å². The molecule has 2 unspecified atom stereocenters. The van der Waals surface area contributed by atoms with Crippen LogP contribution < -0.4 is 5.73 Å². The number of carbonyl (C=O) groups excluding carboxylic acids is 2. The third-order valence-electron chi connectivity index (χ3n) is 3.25. The molecule has 0 spiro atoms. The van der Waals surface area contributed by atoms with Crippen LogP contribution in [0.1, 0.15) is 47.5 Å². The van der Waals surface area contributed by atoms with Gasteiger partial charge in [0.25, 0.3) is 5.60 Å². The molecule has 0 aromatic rings. The Labute approximate surface area is 154 Å². The van der Waals surface area contributed by atoms with E-state index in [0.29, 0.717) is 6.61 Å². The van der Waals surface area contributed by atoms with Crippen molar-refractivity contribution in [2.75, 3.05) is 26.4 Å². The largest absolute Gasteiger partial charge is 0.479 e. The van der Waals surface area contributed by atoms with Gasteiger partial charge in [-0.15, -0.1) is 0 Å². The van der Waals surface area contributed by atoms with Gasteiger partial charge < -0.3 is 29.8 Å². The summed E-state index contributed by atoms with van der Waals surface area (Å²) in [4.78, 5) is 36.0. The lowest BCUT2D eigenvalue weighted by Crippen LogP contribution is -2.52. The Bertz CT molecular complexity index is 474. The number of ether oxygens (including phenoxy) is 4. The zero-order chi connectivity index (χ0) is 20.4. The molecule has 0 bridgehead atoms. The second-order valence-electron chi connectivity index (χ2n) is 6.58. The molecule has 26 heavy (non-hydrogen) atoms. The zero-order valence-electron chi connectivity index (χ0n) is 16.2. The third-order valence-corrected chi connectivity index (χ3v) is 3.25. The van der Waals surface area contributed by atoms with Gasteiger partial charge in [0.05, 0.1) is 19.8 Å². The number of hydrogen-bond donors (Lipinski definition) is 2. The second-order valence-corrected chi connectivity index (χ2v) is 6.58. The number of carboxylic acids is 1. The van der Waals surface area contributed by atoms with Crippen LogP contribution in [-0.2, 0) is 33.3 Å². The van der Waals surface area contributed by atoms with E-state index >= 15 is 0 Å². The lowest BCUT2D eigenvalue weighted by atomic mass is 9.94. The molecular weight excluding hydrogens is 346 g/mol. The molecule has 3 N–H and O–H groups in total. The van der Waals surface area contributed by atoms with Gasteiger partial charge in [0.1, 0.15) is 11.6 Å². The average Bonchev–Trinajstić information content (AvgIpc) is 2.52. The van der Waals surface area contributed by atoms with Gasteiger partial charge in [-0.1, -0.05) is 0 Å². The summed E-state index contributed by atoms with van der Waals surface area (Å²) in [6, 6.07) is -1.10. The van der Waals surface area contributed by atoms with E-state index in [1.54, 1.807) is 34.6 Å². The summed E-state index contributed by atoms with van der Waals surface area (Å²) in [6.07, 6.45) is -0.470. The number of nitrogens with two attached hydrogens (primary N) is 1. The minimum absolute atomic E-state index is 0.0131. The van der Waals surface area contributed by atoms with Gasteiger partial charge in [0, 0.05) is 13.0 Å². The van der Waals surface area contributed by atoms with E-state index in [4.69, 9.17) is 24.7 Å². The van der Waals surface area contributed by atoms with Crippen molar-refractivity contribution in [1.82, 2.24) is 0 Å². The third kappa shape index (κ3) is 8.11. The fraction of sp³-hybridized carbons (Fsp3) is 0.824. The quantitative estimate of drug-likeness (QED) is 0.288. The molecule has 0 fully saturated rings. The van der Waals surface area contributed by atoms with Gasteiger partial charge in [0.2, 0.25) is 0 Å². The van der Waals surface area contributed by atoms with Crippen LogP contribution in [0.15, 0.2) is 0 Å². The molecule has 9 heteroatoms. The Morgan fingerprint density at radius 1 is 1.08 bits per heavy atom. The maximum atomic E-state index is 12.3. The van der Waals surface area contributed by atoms with Gasteiger partial charge in [-0.25, -0.2) is 9.59 Å². The number of carboxylic acid groups (broad SMARTS) is 1. The minimum Gasteiger partial charge on any atom is -0.479 e. The first-order chi connectivity index (χ1) is 12.0. The van der Waals surface area contributed by atoms with Crippen molar-refractivity contribution in [3.8, 4) is 0 Å². The highest BCUT2D eigenvalue weighted by atomic mass is 16.6. The summed E-state index contributed by atoms with van der Waals surface area (Å²) in [5, 5.41) is 9.59. The molecule has 0 saturated carbocycles. The first-order valence-electron chi connectivity index (χ1n) is 8.61. The molecule has 0 aliphatic carbocycles. The van der Waals surface area contributed by atoms with Gasteiger partial charge in [-0.2, -0.15) is 0 Å². The molecule has 0 heterocycles. The van der Waals surface area contributed by atoms with Gasteiger partial charge in [-0.05, 0) is 41.0 Å². The maximum Gasteiger partial charge on any atom is 0.350 e. The van der Waals surface area contributed by atoms with Crippen molar-refractivity contribution in [3.05, 3.63) is 0 Å². The topological polar surface area (TPSA) is 134 Å². The highest BCUT2D eigenvalue weighted by Gasteiger charge is 2.49. The van der Waals surface area contributed by atoms with Crippen molar-refractivity contribution < 1.29 is 38.4 Å². The monoisotopic (exact) mass is 377 g/mol. The van der Waals surface area contributed by atoms with Crippen LogP contribution in [0.5, 0.6) is 0 Å². The SMILES string of the molecule is CCOCCOC(CCC(N)C(=O)OC(C)(C)C)(C(=O)O)C(=O)OCC. The standard InChI is InChI=1S/C17H31NO8/c1-6-23-10-11-25-17(14(20)21,15(22)24-7-2)9-8-12(18)13(19)26-16(3,4)5/h12H,6-11,18H2,1-5H3,(H,20,21). The smallest absolute Gasteiger partial charge is 0.350 e. The summed E-state index contributed by atoms with van der Waals surface area (Å²) in [5.41, 5.74) is 2.80. The highest BCUT2D eigenvalue weighted by Crippen LogP contribution is 2.23. The van der Waals surface area contributed by atoms with E-state index in [0.717, 1.165) is 0 Å². The maximum absolute atomic E-state index is 12.3. The fourth-order valence-electron chi connectivity index (χ4n) is 2.01. The van der Waals surface area contributed by atoms with Crippen LogP contribution in [0.2, 0.25) is 0 Å². The molecule has 0 aliphatic rings. The van der Waals surface area contributed by atoms with E-state index in [9.17, 15) is 19.5 Å². The molecular formula is C17H31NO8. The van der Waals surface area contributed by atoms with Crippen molar-refractivity contribution >= 4 is 17.9 Å². The zero-order valence-corrected chi connectivity index (χ0v) is 16.2. The average molecular weight is 377 g/mol. The van der Waals surface area contributed by atoms with Crippen LogP contribution in [-0.4, -0.2) is 66.7 Å². The van der Waals surface area contributed by atoms with Crippen LogP contribution >= 0.6 is 0 Å². The number of carbonyl (C=O) groups is 3. The molecule has 152 valence electrons. The van der Waals surface area contributed by atoms with Crippen molar-refractivity contribution in [2.45, 2.75) is 64.7 Å². The molecule has 0 rings (SSSR count). The summed E-state index contributed by atoms with van der Waals surface area (Å²) >= 11 is 0. The van der Waals surface area contributed by atoms with Crippen molar-refractivity contribution in [3.63, 3.8) is 0 Å². The first kappa shape index (κ1) is 24.3. The van der Waals surface area contributed by atoms with E-state index in [1.165, 1.54) is 0 Å². The molecule has 0 aliphatic heterocycles. The number of hydrogen-bond acceptors (Lipinski definition) is 8. The number of aliphatic carboxylic acids is 1.